The minimum atomic E-state index is -0.291. The lowest BCUT2D eigenvalue weighted by atomic mass is 10.1. The molecule has 0 aliphatic rings. The Bertz CT molecular complexity index is 639. The normalized spacial score (nSPS) is 10.2. The second-order valence-corrected chi connectivity index (χ2v) is 4.77. The van der Waals surface area contributed by atoms with Gasteiger partial charge in [0.2, 0.25) is 11.8 Å². The number of carbonyl (C=O) groups excluding carboxylic acids is 1. The van der Waals surface area contributed by atoms with E-state index in [1.807, 2.05) is 19.9 Å². The summed E-state index contributed by atoms with van der Waals surface area (Å²) in [6.45, 7) is 3.87. The van der Waals surface area contributed by atoms with Crippen LogP contribution in [0.15, 0.2) is 24.3 Å². The van der Waals surface area contributed by atoms with Crippen molar-refractivity contribution in [3.05, 3.63) is 46.1 Å². The minimum absolute atomic E-state index is 0.110. The fourth-order valence-corrected chi connectivity index (χ4v) is 2.01. The van der Waals surface area contributed by atoms with Gasteiger partial charge in [-0.05, 0) is 26.0 Å². The number of amides is 1. The zero-order chi connectivity index (χ0) is 14.7. The van der Waals surface area contributed by atoms with Crippen LogP contribution in [0, 0.1) is 13.8 Å². The molecule has 0 saturated heterocycles. The van der Waals surface area contributed by atoms with Gasteiger partial charge >= 0.3 is 0 Å². The lowest BCUT2D eigenvalue weighted by Gasteiger charge is -2.07. The van der Waals surface area contributed by atoms with Gasteiger partial charge in [-0.15, -0.1) is 0 Å². The summed E-state index contributed by atoms with van der Waals surface area (Å²) in [6.07, 6.45) is 0. The second-order valence-electron chi connectivity index (χ2n) is 4.39. The average Bonchev–Trinajstić information content (AvgIpc) is 2.36. The fourth-order valence-electron chi connectivity index (χ4n) is 1.84. The molecule has 104 valence electrons. The van der Waals surface area contributed by atoms with Crippen molar-refractivity contribution in [3.63, 3.8) is 0 Å². The maximum Gasteiger partial charge on any atom is 0.258 e. The summed E-state index contributed by atoms with van der Waals surface area (Å²) >= 11 is 5.83. The maximum absolute atomic E-state index is 12.2. The van der Waals surface area contributed by atoms with Crippen molar-refractivity contribution >= 4 is 23.5 Å². The highest BCUT2D eigenvalue weighted by Gasteiger charge is 2.10. The third-order valence-corrected chi connectivity index (χ3v) is 2.78. The molecule has 0 fully saturated rings. The first-order chi connectivity index (χ1) is 9.47. The smallest absolute Gasteiger partial charge is 0.258 e. The lowest BCUT2D eigenvalue weighted by Crippen LogP contribution is -2.15. The summed E-state index contributed by atoms with van der Waals surface area (Å²) in [7, 11) is 1.47. The molecule has 0 unspecified atom stereocenters. The van der Waals surface area contributed by atoms with Crippen molar-refractivity contribution in [2.75, 3.05) is 12.4 Å². The van der Waals surface area contributed by atoms with E-state index in [1.54, 1.807) is 12.1 Å². The number of halogens is 1. The number of rotatable bonds is 3. The predicted molar refractivity (Wildman–Crippen MR) is 77.5 cm³/mol. The summed E-state index contributed by atoms with van der Waals surface area (Å²) < 4.78 is 4.97. The molecule has 1 heterocycles. The monoisotopic (exact) mass is 291 g/mol. The molecular formula is C14H14ClN3O2. The summed E-state index contributed by atoms with van der Waals surface area (Å²) in [5, 5.41) is 2.80. The number of aryl methyl sites for hydroxylation is 2. The quantitative estimate of drug-likeness (QED) is 0.883. The number of aromatic nitrogens is 2. The van der Waals surface area contributed by atoms with Crippen LogP contribution in [0.3, 0.4) is 0 Å². The fraction of sp³-hybridized carbons (Fsp3) is 0.214. The van der Waals surface area contributed by atoms with E-state index >= 15 is 0 Å². The second kappa shape index (κ2) is 5.88. The molecular weight excluding hydrogens is 278 g/mol. The minimum Gasteiger partial charge on any atom is -0.481 e. The molecule has 1 aromatic carbocycles. The first-order valence-corrected chi connectivity index (χ1v) is 6.34. The van der Waals surface area contributed by atoms with Gasteiger partial charge < -0.3 is 4.74 Å². The largest absolute Gasteiger partial charge is 0.481 e. The van der Waals surface area contributed by atoms with Crippen molar-refractivity contribution in [2.24, 2.45) is 0 Å². The molecule has 0 bridgehead atoms. The third-order valence-electron chi connectivity index (χ3n) is 2.59. The Morgan fingerprint density at radius 3 is 2.40 bits per heavy atom. The first-order valence-electron chi connectivity index (χ1n) is 5.96. The van der Waals surface area contributed by atoms with Crippen LogP contribution in [0.5, 0.6) is 5.88 Å². The number of hydrogen-bond donors (Lipinski definition) is 1. The van der Waals surface area contributed by atoms with Crippen molar-refractivity contribution < 1.29 is 9.53 Å². The van der Waals surface area contributed by atoms with Gasteiger partial charge in [0.15, 0.2) is 0 Å². The van der Waals surface area contributed by atoms with Gasteiger partial charge in [-0.1, -0.05) is 28.8 Å². The first kappa shape index (κ1) is 14.3. The Morgan fingerprint density at radius 1 is 1.15 bits per heavy atom. The van der Waals surface area contributed by atoms with Crippen LogP contribution in [0.25, 0.3) is 0 Å². The van der Waals surface area contributed by atoms with Crippen LogP contribution in [-0.2, 0) is 0 Å². The molecule has 2 aromatic rings. The van der Waals surface area contributed by atoms with Gasteiger partial charge in [-0.3, -0.25) is 10.1 Å². The molecule has 1 N–H and O–H groups in total. The molecule has 1 aromatic heterocycles. The Labute approximate surface area is 122 Å². The number of methoxy groups -OCH3 is 1. The summed E-state index contributed by atoms with van der Waals surface area (Å²) in [4.78, 5) is 20.1. The topological polar surface area (TPSA) is 64.1 Å². The average molecular weight is 292 g/mol. The molecule has 0 saturated carbocycles. The van der Waals surface area contributed by atoms with E-state index in [2.05, 4.69) is 15.3 Å². The highest BCUT2D eigenvalue weighted by molar-refractivity contribution is 6.29. The summed E-state index contributed by atoms with van der Waals surface area (Å²) in [5.74, 6) is 0.111. The molecule has 1 amide bonds. The zero-order valence-electron chi connectivity index (χ0n) is 11.4. The van der Waals surface area contributed by atoms with Gasteiger partial charge in [-0.2, -0.15) is 4.98 Å². The Balaban J connectivity index is 2.25. The Hall–Kier alpha value is -2.14. The van der Waals surface area contributed by atoms with Crippen molar-refractivity contribution in [1.29, 1.82) is 0 Å². The SMILES string of the molecule is COc1cc(Cl)nc(NC(=O)c2cc(C)cc(C)c2)n1. The van der Waals surface area contributed by atoms with Crippen LogP contribution >= 0.6 is 11.6 Å². The highest BCUT2D eigenvalue weighted by atomic mass is 35.5. The number of nitrogens with zero attached hydrogens (tertiary/aromatic N) is 2. The van der Waals surface area contributed by atoms with Gasteiger partial charge in [0.05, 0.1) is 7.11 Å². The maximum atomic E-state index is 12.2. The molecule has 0 aliphatic carbocycles. The molecule has 0 radical (unpaired) electrons. The van der Waals surface area contributed by atoms with Crippen LogP contribution in [-0.4, -0.2) is 23.0 Å². The summed E-state index contributed by atoms with van der Waals surface area (Å²) in [5.41, 5.74) is 2.57. The third kappa shape index (κ3) is 3.45. The lowest BCUT2D eigenvalue weighted by molar-refractivity contribution is 0.102. The zero-order valence-corrected chi connectivity index (χ0v) is 12.2. The van der Waals surface area contributed by atoms with Gasteiger partial charge in [0.1, 0.15) is 5.15 Å². The summed E-state index contributed by atoms with van der Waals surface area (Å²) in [6, 6.07) is 7.05. The van der Waals surface area contributed by atoms with E-state index in [9.17, 15) is 4.79 Å². The van der Waals surface area contributed by atoms with Crippen molar-refractivity contribution in [3.8, 4) is 5.88 Å². The molecule has 0 aliphatic heterocycles. The van der Waals surface area contributed by atoms with Gasteiger partial charge in [0.25, 0.3) is 5.91 Å². The van der Waals surface area contributed by atoms with E-state index in [0.717, 1.165) is 11.1 Å². The molecule has 20 heavy (non-hydrogen) atoms. The van der Waals surface area contributed by atoms with Crippen molar-refractivity contribution in [1.82, 2.24) is 9.97 Å². The number of nitrogens with one attached hydrogen (secondary N) is 1. The standard InChI is InChI=1S/C14H14ClN3O2/c1-8-4-9(2)6-10(5-8)13(19)18-14-16-11(15)7-12(17-14)20-3/h4-7H,1-3H3,(H,16,17,18,19). The van der Waals surface area contributed by atoms with Crippen LogP contribution < -0.4 is 10.1 Å². The van der Waals surface area contributed by atoms with Crippen LogP contribution in [0.4, 0.5) is 5.95 Å². The molecule has 2 rings (SSSR count). The molecule has 0 spiro atoms. The number of carbonyl (C=O) groups is 1. The van der Waals surface area contributed by atoms with Crippen LogP contribution in [0.1, 0.15) is 21.5 Å². The number of hydrogen-bond acceptors (Lipinski definition) is 4. The Kier molecular flexibility index (Phi) is 4.20. The van der Waals surface area contributed by atoms with Gasteiger partial charge in [0, 0.05) is 11.6 Å². The number of ether oxygens (including phenoxy) is 1. The van der Waals surface area contributed by atoms with E-state index in [0.29, 0.717) is 11.4 Å². The van der Waals surface area contributed by atoms with Crippen LogP contribution in [0.2, 0.25) is 5.15 Å². The highest BCUT2D eigenvalue weighted by Crippen LogP contribution is 2.17. The number of benzene rings is 1. The van der Waals surface area contributed by atoms with Crippen molar-refractivity contribution in [2.45, 2.75) is 13.8 Å². The van der Waals surface area contributed by atoms with E-state index < -0.39 is 0 Å². The van der Waals surface area contributed by atoms with E-state index in [4.69, 9.17) is 16.3 Å². The molecule has 6 heteroatoms. The number of anilines is 1. The van der Waals surface area contributed by atoms with Gasteiger partial charge in [-0.25, -0.2) is 4.98 Å². The Morgan fingerprint density at radius 2 is 1.80 bits per heavy atom. The van der Waals surface area contributed by atoms with E-state index in [-0.39, 0.29) is 17.0 Å². The predicted octanol–water partition coefficient (Wildman–Crippen LogP) is 3.01. The van der Waals surface area contributed by atoms with E-state index in [1.165, 1.54) is 13.2 Å². The molecule has 5 nitrogen and oxygen atoms in total. The molecule has 0 atom stereocenters.